The number of fused-ring (bicyclic) bond motifs is 1. The van der Waals surface area contributed by atoms with Crippen molar-refractivity contribution in [3.05, 3.63) is 58.9 Å². The lowest BCUT2D eigenvalue weighted by Crippen LogP contribution is -2.39. The first kappa shape index (κ1) is 19.4. The van der Waals surface area contributed by atoms with Crippen LogP contribution in [0, 0.1) is 5.82 Å². The molecule has 4 rings (SSSR count). The van der Waals surface area contributed by atoms with E-state index < -0.39 is 11.7 Å². The van der Waals surface area contributed by atoms with Gasteiger partial charge in [0.05, 0.1) is 12.7 Å². The van der Waals surface area contributed by atoms with E-state index in [4.69, 9.17) is 4.74 Å². The van der Waals surface area contributed by atoms with Gasteiger partial charge in [-0.2, -0.15) is 0 Å². The monoisotopic (exact) mass is 396 g/mol. The SMILES string of the molecule is COc1ccccc1C1(CNC(=O)c2cc3c(cc2F)NC(=O)CC3)CCCC1. The van der Waals surface area contributed by atoms with Crippen molar-refractivity contribution in [1.82, 2.24) is 5.32 Å². The van der Waals surface area contributed by atoms with Crippen molar-refractivity contribution < 1.29 is 18.7 Å². The van der Waals surface area contributed by atoms with E-state index in [1.165, 1.54) is 6.07 Å². The second kappa shape index (κ2) is 7.85. The van der Waals surface area contributed by atoms with Gasteiger partial charge in [0.2, 0.25) is 5.91 Å². The number of rotatable bonds is 5. The maximum absolute atomic E-state index is 14.6. The van der Waals surface area contributed by atoms with E-state index in [2.05, 4.69) is 16.7 Å². The molecule has 1 saturated carbocycles. The molecule has 0 aromatic heterocycles. The van der Waals surface area contributed by atoms with Crippen molar-refractivity contribution in [2.24, 2.45) is 0 Å². The number of aryl methyl sites for hydroxylation is 1. The predicted octanol–water partition coefficient (Wildman–Crippen LogP) is 3.96. The van der Waals surface area contributed by atoms with Gasteiger partial charge in [-0.15, -0.1) is 0 Å². The Bertz CT molecular complexity index is 951. The fourth-order valence-electron chi connectivity index (χ4n) is 4.60. The van der Waals surface area contributed by atoms with Crippen LogP contribution in [0.1, 0.15) is 53.6 Å². The summed E-state index contributed by atoms with van der Waals surface area (Å²) < 4.78 is 20.1. The van der Waals surface area contributed by atoms with Gasteiger partial charge in [0.15, 0.2) is 0 Å². The van der Waals surface area contributed by atoms with Crippen molar-refractivity contribution in [2.75, 3.05) is 19.0 Å². The Morgan fingerprint density at radius 3 is 2.72 bits per heavy atom. The number of nitrogens with one attached hydrogen (secondary N) is 2. The van der Waals surface area contributed by atoms with Crippen molar-refractivity contribution in [1.29, 1.82) is 0 Å². The van der Waals surface area contributed by atoms with Crippen LogP contribution >= 0.6 is 0 Å². The molecule has 1 heterocycles. The Kier molecular flexibility index (Phi) is 5.26. The van der Waals surface area contributed by atoms with Crippen LogP contribution in [-0.4, -0.2) is 25.5 Å². The van der Waals surface area contributed by atoms with E-state index >= 15 is 0 Å². The van der Waals surface area contributed by atoms with Gasteiger partial charge in [-0.05, 0) is 43.0 Å². The Labute approximate surface area is 169 Å². The van der Waals surface area contributed by atoms with Gasteiger partial charge in [-0.1, -0.05) is 31.0 Å². The number of carbonyl (C=O) groups excluding carboxylic acids is 2. The summed E-state index contributed by atoms with van der Waals surface area (Å²) in [5, 5.41) is 5.63. The molecule has 0 radical (unpaired) electrons. The average molecular weight is 396 g/mol. The minimum Gasteiger partial charge on any atom is -0.496 e. The van der Waals surface area contributed by atoms with Gasteiger partial charge in [-0.3, -0.25) is 9.59 Å². The smallest absolute Gasteiger partial charge is 0.254 e. The van der Waals surface area contributed by atoms with Gasteiger partial charge in [0, 0.05) is 29.6 Å². The molecule has 2 aromatic rings. The molecular formula is C23H25FN2O3. The van der Waals surface area contributed by atoms with E-state index in [1.807, 2.05) is 18.2 Å². The summed E-state index contributed by atoms with van der Waals surface area (Å²) in [6, 6.07) is 10.7. The molecule has 0 bridgehead atoms. The minimum atomic E-state index is -0.624. The molecule has 1 fully saturated rings. The molecule has 2 aromatic carbocycles. The van der Waals surface area contributed by atoms with Gasteiger partial charge in [-0.25, -0.2) is 4.39 Å². The van der Waals surface area contributed by atoms with E-state index in [0.29, 0.717) is 25.1 Å². The van der Waals surface area contributed by atoms with Gasteiger partial charge in [0.25, 0.3) is 5.91 Å². The molecule has 1 aliphatic heterocycles. The topological polar surface area (TPSA) is 67.4 Å². The summed E-state index contributed by atoms with van der Waals surface area (Å²) in [5.41, 5.74) is 2.15. The molecule has 29 heavy (non-hydrogen) atoms. The molecule has 2 N–H and O–H groups in total. The Morgan fingerprint density at radius 1 is 1.21 bits per heavy atom. The number of hydrogen-bond acceptors (Lipinski definition) is 3. The summed E-state index contributed by atoms with van der Waals surface area (Å²) in [6.45, 7) is 0.430. The van der Waals surface area contributed by atoms with Crippen LogP contribution in [0.5, 0.6) is 5.75 Å². The van der Waals surface area contributed by atoms with Crippen molar-refractivity contribution >= 4 is 17.5 Å². The van der Waals surface area contributed by atoms with E-state index in [0.717, 1.165) is 42.6 Å². The fraction of sp³-hybridized carbons (Fsp3) is 0.391. The zero-order chi connectivity index (χ0) is 20.4. The summed E-state index contributed by atoms with van der Waals surface area (Å²) in [6.07, 6.45) is 4.92. The highest BCUT2D eigenvalue weighted by molar-refractivity contribution is 5.98. The summed E-state index contributed by atoms with van der Waals surface area (Å²) in [5.74, 6) is -0.363. The first-order chi connectivity index (χ1) is 14.0. The molecule has 6 heteroatoms. The molecule has 0 saturated heterocycles. The molecule has 152 valence electrons. The molecule has 0 unspecified atom stereocenters. The second-order valence-corrected chi connectivity index (χ2v) is 7.91. The summed E-state index contributed by atoms with van der Waals surface area (Å²) in [7, 11) is 1.65. The molecule has 1 aliphatic carbocycles. The highest BCUT2D eigenvalue weighted by Crippen LogP contribution is 2.44. The molecule has 5 nitrogen and oxygen atoms in total. The minimum absolute atomic E-state index is 0.0214. The molecule has 0 atom stereocenters. The predicted molar refractivity (Wildman–Crippen MR) is 109 cm³/mol. The average Bonchev–Trinajstić information content (AvgIpc) is 3.21. The number of ether oxygens (including phenoxy) is 1. The molecular weight excluding hydrogens is 371 g/mol. The van der Waals surface area contributed by atoms with Crippen LogP contribution in [0.25, 0.3) is 0 Å². The van der Waals surface area contributed by atoms with Crippen LogP contribution in [0.2, 0.25) is 0 Å². The van der Waals surface area contributed by atoms with E-state index in [-0.39, 0.29) is 16.9 Å². The van der Waals surface area contributed by atoms with E-state index in [1.54, 1.807) is 13.2 Å². The van der Waals surface area contributed by atoms with E-state index in [9.17, 15) is 14.0 Å². The number of halogens is 1. The Balaban J connectivity index is 1.56. The first-order valence-electron chi connectivity index (χ1n) is 10.1. The van der Waals surface area contributed by atoms with Crippen molar-refractivity contribution in [3.63, 3.8) is 0 Å². The normalized spacial score (nSPS) is 17.4. The highest BCUT2D eigenvalue weighted by atomic mass is 19.1. The van der Waals surface area contributed by atoms with Crippen LogP contribution in [0.4, 0.5) is 10.1 Å². The zero-order valence-corrected chi connectivity index (χ0v) is 16.5. The van der Waals surface area contributed by atoms with Crippen LogP contribution in [-0.2, 0) is 16.6 Å². The van der Waals surface area contributed by atoms with Gasteiger partial charge < -0.3 is 15.4 Å². The first-order valence-corrected chi connectivity index (χ1v) is 10.1. The van der Waals surface area contributed by atoms with Crippen LogP contribution in [0.15, 0.2) is 36.4 Å². The van der Waals surface area contributed by atoms with Crippen molar-refractivity contribution in [2.45, 2.75) is 43.9 Å². The number of methoxy groups -OCH3 is 1. The molecule has 0 spiro atoms. The third-order valence-electron chi connectivity index (χ3n) is 6.16. The maximum Gasteiger partial charge on any atom is 0.254 e. The number of carbonyl (C=O) groups is 2. The third-order valence-corrected chi connectivity index (χ3v) is 6.16. The van der Waals surface area contributed by atoms with Gasteiger partial charge >= 0.3 is 0 Å². The standard InChI is InChI=1S/C23H25FN2O3/c1-29-20-7-3-2-6-17(20)23(10-4-5-11-23)14-25-22(28)16-12-15-8-9-21(27)26-19(15)13-18(16)24/h2-3,6-7,12-13H,4-5,8-11,14H2,1H3,(H,25,28)(H,26,27). The van der Waals surface area contributed by atoms with Gasteiger partial charge in [0.1, 0.15) is 11.6 Å². The number of anilines is 1. The summed E-state index contributed by atoms with van der Waals surface area (Å²) >= 11 is 0. The van der Waals surface area contributed by atoms with Crippen LogP contribution in [0.3, 0.4) is 0 Å². The highest BCUT2D eigenvalue weighted by Gasteiger charge is 2.38. The lowest BCUT2D eigenvalue weighted by atomic mass is 9.78. The third kappa shape index (κ3) is 3.71. The lowest BCUT2D eigenvalue weighted by Gasteiger charge is -2.31. The number of para-hydroxylation sites is 1. The van der Waals surface area contributed by atoms with Crippen molar-refractivity contribution in [3.8, 4) is 5.75 Å². The zero-order valence-electron chi connectivity index (χ0n) is 16.5. The molecule has 2 amide bonds. The largest absolute Gasteiger partial charge is 0.496 e. The molecule has 2 aliphatic rings. The number of benzene rings is 2. The number of amides is 2. The summed E-state index contributed by atoms with van der Waals surface area (Å²) in [4.78, 5) is 24.3. The quantitative estimate of drug-likeness (QED) is 0.804. The lowest BCUT2D eigenvalue weighted by molar-refractivity contribution is -0.116. The second-order valence-electron chi connectivity index (χ2n) is 7.91. The number of hydrogen-bond donors (Lipinski definition) is 2. The Morgan fingerprint density at radius 2 is 1.97 bits per heavy atom. The van der Waals surface area contributed by atoms with Crippen LogP contribution < -0.4 is 15.4 Å². The Hall–Kier alpha value is -2.89. The maximum atomic E-state index is 14.6. The fourth-order valence-corrected chi connectivity index (χ4v) is 4.60.